The van der Waals surface area contributed by atoms with Crippen molar-refractivity contribution >= 4 is 18.0 Å². The van der Waals surface area contributed by atoms with Crippen LogP contribution in [0.3, 0.4) is 0 Å². The second-order valence-electron chi connectivity index (χ2n) is 7.54. The van der Waals surface area contributed by atoms with Crippen LogP contribution in [-0.4, -0.2) is 50.7 Å². The van der Waals surface area contributed by atoms with E-state index in [0.717, 1.165) is 19.3 Å². The molecule has 2 aromatic carbocycles. The first-order chi connectivity index (χ1) is 15.1. The molecule has 0 atom stereocenters. The Hall–Kier alpha value is -3.28. The summed E-state index contributed by atoms with van der Waals surface area (Å²) >= 11 is 0. The van der Waals surface area contributed by atoms with Gasteiger partial charge in [-0.3, -0.25) is 4.79 Å². The molecule has 3 rings (SSSR count). The van der Waals surface area contributed by atoms with Crippen LogP contribution < -0.4 is 9.47 Å². The fourth-order valence-electron chi connectivity index (χ4n) is 3.81. The Labute approximate surface area is 183 Å². The predicted octanol–water partition coefficient (Wildman–Crippen LogP) is 3.74. The molecule has 6 heteroatoms. The average Bonchev–Trinajstić information content (AvgIpc) is 2.81. The first-order valence-corrected chi connectivity index (χ1v) is 10.5. The van der Waals surface area contributed by atoms with Crippen LogP contribution in [0.4, 0.5) is 0 Å². The van der Waals surface area contributed by atoms with E-state index >= 15 is 0 Å². The molecule has 0 unspecified atom stereocenters. The molecule has 6 nitrogen and oxygen atoms in total. The lowest BCUT2D eigenvalue weighted by Gasteiger charge is -2.32. The minimum Gasteiger partial charge on any atom is -0.493 e. The number of carbonyl (C=O) groups is 2. The standard InChI is InChI=1S/C25H29NO5/c1-29-22-10-6-9-21(25(22)30-2)11-12-24(28)31-18-23(27)26-15-13-20(14-16-26)17-19-7-4-3-5-8-19/h3-12,20H,13-18H2,1-2H3. The number of likely N-dealkylation sites (tertiary alicyclic amines) is 1. The Kier molecular flexibility index (Phi) is 8.10. The molecule has 0 saturated carbocycles. The second kappa shape index (κ2) is 11.2. The zero-order chi connectivity index (χ0) is 22.1. The fourth-order valence-corrected chi connectivity index (χ4v) is 3.81. The van der Waals surface area contributed by atoms with Crippen molar-refractivity contribution in [2.45, 2.75) is 19.3 Å². The van der Waals surface area contributed by atoms with Gasteiger partial charge in [0.2, 0.25) is 0 Å². The number of piperidine rings is 1. The van der Waals surface area contributed by atoms with Crippen LogP contribution in [0.15, 0.2) is 54.6 Å². The minimum atomic E-state index is -0.572. The van der Waals surface area contributed by atoms with E-state index in [1.165, 1.54) is 18.7 Å². The van der Waals surface area contributed by atoms with E-state index in [-0.39, 0.29) is 12.5 Å². The normalized spacial score (nSPS) is 14.5. The first-order valence-electron chi connectivity index (χ1n) is 10.5. The predicted molar refractivity (Wildman–Crippen MR) is 119 cm³/mol. The zero-order valence-electron chi connectivity index (χ0n) is 18.1. The molecule has 0 aromatic heterocycles. The third-order valence-corrected chi connectivity index (χ3v) is 5.50. The largest absolute Gasteiger partial charge is 0.493 e. The topological polar surface area (TPSA) is 65.1 Å². The molecule has 164 valence electrons. The smallest absolute Gasteiger partial charge is 0.331 e. The third kappa shape index (κ3) is 6.35. The van der Waals surface area contributed by atoms with Gasteiger partial charge in [0.25, 0.3) is 5.91 Å². The number of nitrogens with zero attached hydrogens (tertiary/aromatic N) is 1. The molecule has 1 aliphatic heterocycles. The SMILES string of the molecule is COc1cccc(C=CC(=O)OCC(=O)N2CCC(Cc3ccccc3)CC2)c1OC. The molecule has 0 spiro atoms. The van der Waals surface area contributed by atoms with Gasteiger partial charge in [-0.25, -0.2) is 4.79 Å². The van der Waals surface area contributed by atoms with Gasteiger partial charge >= 0.3 is 5.97 Å². The Morgan fingerprint density at radius 3 is 2.42 bits per heavy atom. The van der Waals surface area contributed by atoms with Gasteiger partial charge in [-0.05, 0) is 42.9 Å². The van der Waals surface area contributed by atoms with Crippen LogP contribution in [0.25, 0.3) is 6.08 Å². The lowest BCUT2D eigenvalue weighted by Crippen LogP contribution is -2.41. The Morgan fingerprint density at radius 2 is 1.74 bits per heavy atom. The average molecular weight is 424 g/mol. The van der Waals surface area contributed by atoms with Gasteiger partial charge in [-0.15, -0.1) is 0 Å². The summed E-state index contributed by atoms with van der Waals surface area (Å²) in [6, 6.07) is 15.8. The van der Waals surface area contributed by atoms with E-state index in [0.29, 0.717) is 36.1 Å². The number of amides is 1. The van der Waals surface area contributed by atoms with Crippen LogP contribution in [0.5, 0.6) is 11.5 Å². The number of esters is 1. The van der Waals surface area contributed by atoms with E-state index in [9.17, 15) is 9.59 Å². The number of hydrogen-bond donors (Lipinski definition) is 0. The quantitative estimate of drug-likeness (QED) is 0.478. The number of methoxy groups -OCH3 is 2. The molecule has 1 amide bonds. The summed E-state index contributed by atoms with van der Waals surface area (Å²) in [6.07, 6.45) is 5.84. The molecule has 1 fully saturated rings. The third-order valence-electron chi connectivity index (χ3n) is 5.50. The van der Waals surface area contributed by atoms with E-state index in [1.807, 2.05) is 6.07 Å². The number of ether oxygens (including phenoxy) is 3. The Bertz CT molecular complexity index is 901. The Balaban J connectivity index is 1.44. The summed E-state index contributed by atoms with van der Waals surface area (Å²) in [5.74, 6) is 0.957. The summed E-state index contributed by atoms with van der Waals surface area (Å²) in [5.41, 5.74) is 2.02. The summed E-state index contributed by atoms with van der Waals surface area (Å²) in [7, 11) is 3.09. The highest BCUT2D eigenvalue weighted by molar-refractivity contribution is 5.90. The van der Waals surface area contributed by atoms with Crippen LogP contribution in [-0.2, 0) is 20.7 Å². The van der Waals surface area contributed by atoms with Crippen molar-refractivity contribution in [3.63, 3.8) is 0 Å². The number of rotatable bonds is 8. The van der Waals surface area contributed by atoms with Crippen molar-refractivity contribution in [2.75, 3.05) is 33.9 Å². The van der Waals surface area contributed by atoms with E-state index < -0.39 is 5.97 Å². The molecule has 1 saturated heterocycles. The molecule has 0 radical (unpaired) electrons. The summed E-state index contributed by atoms with van der Waals surface area (Å²) in [5, 5.41) is 0. The lowest BCUT2D eigenvalue weighted by molar-refractivity contribution is -0.148. The molecule has 0 N–H and O–H groups in total. The molecule has 31 heavy (non-hydrogen) atoms. The number of carbonyl (C=O) groups excluding carboxylic acids is 2. The summed E-state index contributed by atoms with van der Waals surface area (Å²) in [4.78, 5) is 26.3. The molecule has 1 aliphatic rings. The maximum absolute atomic E-state index is 12.4. The van der Waals surface area contributed by atoms with Gasteiger partial charge in [0.05, 0.1) is 14.2 Å². The van der Waals surface area contributed by atoms with Crippen LogP contribution in [0, 0.1) is 5.92 Å². The highest BCUT2D eigenvalue weighted by Gasteiger charge is 2.23. The van der Waals surface area contributed by atoms with Crippen molar-refractivity contribution in [3.8, 4) is 11.5 Å². The van der Waals surface area contributed by atoms with Crippen LogP contribution in [0.2, 0.25) is 0 Å². The minimum absolute atomic E-state index is 0.154. The van der Waals surface area contributed by atoms with Gasteiger partial charge in [0.1, 0.15) is 0 Å². The van der Waals surface area contributed by atoms with Crippen molar-refractivity contribution in [1.82, 2.24) is 4.90 Å². The lowest BCUT2D eigenvalue weighted by atomic mass is 9.90. The van der Waals surface area contributed by atoms with E-state index in [2.05, 4.69) is 24.3 Å². The maximum Gasteiger partial charge on any atom is 0.331 e. The van der Waals surface area contributed by atoms with Crippen molar-refractivity contribution < 1.29 is 23.8 Å². The van der Waals surface area contributed by atoms with Gasteiger partial charge in [0, 0.05) is 24.7 Å². The highest BCUT2D eigenvalue weighted by Crippen LogP contribution is 2.31. The van der Waals surface area contributed by atoms with Gasteiger partial charge in [0.15, 0.2) is 18.1 Å². The highest BCUT2D eigenvalue weighted by atomic mass is 16.5. The molecular formula is C25H29NO5. The zero-order valence-corrected chi connectivity index (χ0v) is 18.1. The van der Waals surface area contributed by atoms with E-state index in [4.69, 9.17) is 14.2 Å². The van der Waals surface area contributed by atoms with Gasteiger partial charge in [-0.1, -0.05) is 42.5 Å². The fraction of sp³-hybridized carbons (Fsp3) is 0.360. The monoisotopic (exact) mass is 423 g/mol. The molecule has 2 aromatic rings. The van der Waals surface area contributed by atoms with E-state index in [1.54, 1.807) is 36.3 Å². The van der Waals surface area contributed by atoms with Crippen molar-refractivity contribution in [3.05, 3.63) is 65.7 Å². The van der Waals surface area contributed by atoms with Crippen molar-refractivity contribution in [2.24, 2.45) is 5.92 Å². The van der Waals surface area contributed by atoms with Crippen LogP contribution >= 0.6 is 0 Å². The molecule has 0 aliphatic carbocycles. The molecule has 1 heterocycles. The van der Waals surface area contributed by atoms with Crippen LogP contribution in [0.1, 0.15) is 24.0 Å². The van der Waals surface area contributed by atoms with Crippen molar-refractivity contribution in [1.29, 1.82) is 0 Å². The molecular weight excluding hydrogens is 394 g/mol. The maximum atomic E-state index is 12.4. The number of benzene rings is 2. The van der Waals surface area contributed by atoms with Gasteiger partial charge in [-0.2, -0.15) is 0 Å². The second-order valence-corrected chi connectivity index (χ2v) is 7.54. The number of hydrogen-bond acceptors (Lipinski definition) is 5. The molecule has 0 bridgehead atoms. The van der Waals surface area contributed by atoms with Gasteiger partial charge < -0.3 is 19.1 Å². The number of para-hydroxylation sites is 1. The Morgan fingerprint density at radius 1 is 1.00 bits per heavy atom. The summed E-state index contributed by atoms with van der Waals surface area (Å²) in [6.45, 7) is 1.15. The first kappa shape index (κ1) is 22.4. The summed E-state index contributed by atoms with van der Waals surface area (Å²) < 4.78 is 15.7.